The van der Waals surface area contributed by atoms with E-state index >= 15 is 0 Å². The highest BCUT2D eigenvalue weighted by molar-refractivity contribution is 7.16. The smallest absolute Gasteiger partial charge is 0.274 e. The Morgan fingerprint density at radius 1 is 1.45 bits per heavy atom. The van der Waals surface area contributed by atoms with Gasteiger partial charge in [-0.05, 0) is 26.2 Å². The summed E-state index contributed by atoms with van der Waals surface area (Å²) in [6, 6.07) is 0. The molecule has 1 amide bonds. The van der Waals surface area contributed by atoms with Crippen LogP contribution in [-0.2, 0) is 19.4 Å². The van der Waals surface area contributed by atoms with Gasteiger partial charge in [-0.25, -0.2) is 9.50 Å². The van der Waals surface area contributed by atoms with Crippen LogP contribution in [0.4, 0.5) is 0 Å². The van der Waals surface area contributed by atoms with E-state index in [-0.39, 0.29) is 5.91 Å². The molecule has 0 bridgehead atoms. The van der Waals surface area contributed by atoms with Gasteiger partial charge in [-0.1, -0.05) is 16.5 Å². The third-order valence-electron chi connectivity index (χ3n) is 3.79. The Morgan fingerprint density at radius 2 is 2.32 bits per heavy atom. The van der Waals surface area contributed by atoms with E-state index in [0.29, 0.717) is 12.2 Å². The molecule has 114 valence electrons. The van der Waals surface area contributed by atoms with Gasteiger partial charge >= 0.3 is 0 Å². The van der Waals surface area contributed by atoms with Crippen LogP contribution in [0.2, 0.25) is 0 Å². The van der Waals surface area contributed by atoms with Crippen LogP contribution < -0.4 is 5.32 Å². The van der Waals surface area contributed by atoms with Crippen molar-refractivity contribution in [1.82, 2.24) is 25.1 Å². The van der Waals surface area contributed by atoms with Gasteiger partial charge in [0.25, 0.3) is 5.91 Å². The van der Waals surface area contributed by atoms with Crippen molar-refractivity contribution in [3.63, 3.8) is 0 Å². The summed E-state index contributed by atoms with van der Waals surface area (Å²) in [6.45, 7) is 2.30. The molecule has 0 atom stereocenters. The molecule has 0 unspecified atom stereocenters. The Kier molecular flexibility index (Phi) is 3.18. The lowest BCUT2D eigenvalue weighted by Gasteiger charge is -2.08. The number of hydrogen-bond acceptors (Lipinski definition) is 6. The highest BCUT2D eigenvalue weighted by atomic mass is 32.1. The molecule has 4 rings (SSSR count). The molecule has 0 aromatic carbocycles. The first-order valence-corrected chi connectivity index (χ1v) is 8.09. The summed E-state index contributed by atoms with van der Waals surface area (Å²) < 4.78 is 7.01. The fourth-order valence-corrected chi connectivity index (χ4v) is 3.49. The standard InChI is InChI=1S/C14H15N5O2S/c1-8-17-19-7-9(16-14(19)22-8)6-15-13(20)12-10-4-2-3-5-11(10)21-18-12/h7H,2-6H2,1H3,(H,15,20). The third kappa shape index (κ3) is 2.29. The van der Waals surface area contributed by atoms with Gasteiger partial charge in [-0.15, -0.1) is 0 Å². The van der Waals surface area contributed by atoms with E-state index in [1.165, 1.54) is 11.3 Å². The number of amides is 1. The Balaban J connectivity index is 1.47. The van der Waals surface area contributed by atoms with Crippen LogP contribution in [-0.4, -0.2) is 25.7 Å². The Hall–Kier alpha value is -2.22. The summed E-state index contributed by atoms with van der Waals surface area (Å²) in [5.74, 6) is 0.658. The number of rotatable bonds is 3. The second kappa shape index (κ2) is 5.20. The first-order valence-electron chi connectivity index (χ1n) is 7.28. The number of hydrogen-bond donors (Lipinski definition) is 1. The molecular weight excluding hydrogens is 302 g/mol. The highest BCUT2D eigenvalue weighted by Crippen LogP contribution is 2.24. The lowest BCUT2D eigenvalue weighted by atomic mass is 9.96. The lowest BCUT2D eigenvalue weighted by molar-refractivity contribution is 0.0940. The number of fused-ring (bicyclic) bond motifs is 2. The van der Waals surface area contributed by atoms with E-state index in [4.69, 9.17) is 4.52 Å². The summed E-state index contributed by atoms with van der Waals surface area (Å²) >= 11 is 1.52. The second-order valence-electron chi connectivity index (χ2n) is 5.40. The van der Waals surface area contributed by atoms with E-state index in [1.807, 2.05) is 13.1 Å². The van der Waals surface area contributed by atoms with E-state index < -0.39 is 0 Å². The van der Waals surface area contributed by atoms with Crippen LogP contribution >= 0.6 is 11.3 Å². The number of carbonyl (C=O) groups excluding carboxylic acids is 1. The van der Waals surface area contributed by atoms with Crippen molar-refractivity contribution >= 4 is 22.2 Å². The fraction of sp³-hybridized carbons (Fsp3) is 0.429. The zero-order valence-corrected chi connectivity index (χ0v) is 12.9. The fourth-order valence-electron chi connectivity index (χ4n) is 2.75. The average Bonchev–Trinajstić information content (AvgIpc) is 3.16. The SMILES string of the molecule is Cc1nn2cc(CNC(=O)c3noc4c3CCCC4)nc2s1. The zero-order valence-electron chi connectivity index (χ0n) is 12.1. The molecule has 0 radical (unpaired) electrons. The van der Waals surface area contributed by atoms with E-state index in [2.05, 4.69) is 20.6 Å². The van der Waals surface area contributed by atoms with Gasteiger partial charge < -0.3 is 9.84 Å². The minimum absolute atomic E-state index is 0.201. The molecule has 3 aromatic rings. The van der Waals surface area contributed by atoms with Crippen LogP contribution in [0, 0.1) is 6.92 Å². The van der Waals surface area contributed by atoms with Gasteiger partial charge in [0, 0.05) is 12.0 Å². The molecule has 0 aliphatic heterocycles. The van der Waals surface area contributed by atoms with Gasteiger partial charge in [-0.2, -0.15) is 5.10 Å². The summed E-state index contributed by atoms with van der Waals surface area (Å²) in [7, 11) is 0. The molecule has 0 saturated heterocycles. The summed E-state index contributed by atoms with van der Waals surface area (Å²) in [4.78, 5) is 17.5. The van der Waals surface area contributed by atoms with Crippen molar-refractivity contribution in [2.75, 3.05) is 0 Å². The number of nitrogens with zero attached hydrogens (tertiary/aromatic N) is 4. The average molecular weight is 317 g/mol. The highest BCUT2D eigenvalue weighted by Gasteiger charge is 2.23. The van der Waals surface area contributed by atoms with Crippen LogP contribution in [0.25, 0.3) is 4.96 Å². The third-order valence-corrected chi connectivity index (χ3v) is 4.63. The van der Waals surface area contributed by atoms with Gasteiger partial charge in [0.2, 0.25) is 4.96 Å². The van der Waals surface area contributed by atoms with Crippen molar-refractivity contribution in [2.45, 2.75) is 39.2 Å². The monoisotopic (exact) mass is 317 g/mol. The van der Waals surface area contributed by atoms with Crippen molar-refractivity contribution in [2.24, 2.45) is 0 Å². The molecule has 1 aliphatic carbocycles. The van der Waals surface area contributed by atoms with Crippen LogP contribution in [0.3, 0.4) is 0 Å². The molecule has 1 aliphatic rings. The maximum absolute atomic E-state index is 12.3. The van der Waals surface area contributed by atoms with Gasteiger partial charge in [0.05, 0.1) is 18.4 Å². The molecular formula is C14H15N5O2S. The number of imidazole rings is 1. The Morgan fingerprint density at radius 3 is 3.18 bits per heavy atom. The lowest BCUT2D eigenvalue weighted by Crippen LogP contribution is -2.24. The van der Waals surface area contributed by atoms with Crippen LogP contribution in [0.1, 0.15) is 45.4 Å². The van der Waals surface area contributed by atoms with Crippen molar-refractivity contribution in [1.29, 1.82) is 0 Å². The maximum atomic E-state index is 12.3. The molecule has 8 heteroatoms. The van der Waals surface area contributed by atoms with Crippen molar-refractivity contribution < 1.29 is 9.32 Å². The summed E-state index contributed by atoms with van der Waals surface area (Å²) in [5, 5.41) is 12.1. The first kappa shape index (κ1) is 13.4. The maximum Gasteiger partial charge on any atom is 0.274 e. The number of aromatic nitrogens is 4. The van der Waals surface area contributed by atoms with Gasteiger partial charge in [0.1, 0.15) is 10.8 Å². The van der Waals surface area contributed by atoms with Crippen LogP contribution in [0.15, 0.2) is 10.7 Å². The topological polar surface area (TPSA) is 85.3 Å². The second-order valence-corrected chi connectivity index (χ2v) is 6.56. The molecule has 3 heterocycles. The number of aryl methyl sites for hydroxylation is 2. The minimum atomic E-state index is -0.201. The number of nitrogens with one attached hydrogen (secondary N) is 1. The molecule has 3 aromatic heterocycles. The van der Waals surface area contributed by atoms with Crippen LogP contribution in [0.5, 0.6) is 0 Å². The van der Waals surface area contributed by atoms with Gasteiger partial charge in [-0.3, -0.25) is 4.79 Å². The molecule has 22 heavy (non-hydrogen) atoms. The first-order chi connectivity index (χ1) is 10.7. The summed E-state index contributed by atoms with van der Waals surface area (Å²) in [5.41, 5.74) is 2.17. The molecule has 0 fully saturated rings. The van der Waals surface area contributed by atoms with Crippen molar-refractivity contribution in [3.05, 3.63) is 33.9 Å². The quantitative estimate of drug-likeness (QED) is 0.797. The number of carbonyl (C=O) groups is 1. The minimum Gasteiger partial charge on any atom is -0.360 e. The van der Waals surface area contributed by atoms with E-state index in [1.54, 1.807) is 4.52 Å². The summed E-state index contributed by atoms with van der Waals surface area (Å²) in [6.07, 6.45) is 5.75. The molecule has 7 nitrogen and oxygen atoms in total. The molecule has 0 saturated carbocycles. The van der Waals surface area contributed by atoms with Gasteiger partial charge in [0.15, 0.2) is 5.69 Å². The Bertz CT molecular complexity index is 815. The molecule has 1 N–H and O–H groups in total. The molecule has 0 spiro atoms. The largest absolute Gasteiger partial charge is 0.360 e. The predicted molar refractivity (Wildman–Crippen MR) is 79.9 cm³/mol. The predicted octanol–water partition coefficient (Wildman–Crippen LogP) is 1.90. The normalized spacial score (nSPS) is 14.2. The van der Waals surface area contributed by atoms with E-state index in [0.717, 1.165) is 52.7 Å². The zero-order chi connectivity index (χ0) is 15.1. The van der Waals surface area contributed by atoms with Crippen molar-refractivity contribution in [3.8, 4) is 0 Å². The Labute approximate surface area is 130 Å². The van der Waals surface area contributed by atoms with E-state index in [9.17, 15) is 4.79 Å².